The van der Waals surface area contributed by atoms with Crippen molar-refractivity contribution < 1.29 is 14.3 Å². The predicted molar refractivity (Wildman–Crippen MR) is 68.1 cm³/mol. The lowest BCUT2D eigenvalue weighted by atomic mass is 9.79. The molecule has 3 aliphatic carbocycles. The van der Waals surface area contributed by atoms with Gasteiger partial charge in [0.05, 0.1) is 11.8 Å². The molecule has 0 aromatic rings. The van der Waals surface area contributed by atoms with E-state index in [0.29, 0.717) is 17.9 Å². The van der Waals surface area contributed by atoms with Crippen LogP contribution in [0, 0.1) is 23.7 Å². The summed E-state index contributed by atoms with van der Waals surface area (Å²) in [5, 5.41) is 3.20. The predicted octanol–water partition coefficient (Wildman–Crippen LogP) is 1.63. The molecule has 1 N–H and O–H groups in total. The van der Waals surface area contributed by atoms with Crippen molar-refractivity contribution in [2.45, 2.75) is 57.1 Å². The molecule has 1 heterocycles. The number of fused-ring (bicyclic) bond motifs is 1. The van der Waals surface area contributed by atoms with Gasteiger partial charge >= 0.3 is 5.97 Å². The zero-order valence-electron chi connectivity index (χ0n) is 11.1. The fourth-order valence-corrected chi connectivity index (χ4v) is 4.91. The molecule has 4 aliphatic rings. The molecule has 3 saturated carbocycles. The van der Waals surface area contributed by atoms with Crippen molar-refractivity contribution in [3.05, 3.63) is 0 Å². The highest BCUT2D eigenvalue weighted by Gasteiger charge is 2.63. The minimum absolute atomic E-state index is 0.0989. The molecular weight excluding hydrogens is 242 g/mol. The first kappa shape index (κ1) is 11.7. The van der Waals surface area contributed by atoms with Crippen LogP contribution < -0.4 is 5.32 Å². The molecule has 4 heteroatoms. The third-order valence-electron chi connectivity index (χ3n) is 5.74. The second-order valence-electron chi connectivity index (χ2n) is 6.77. The number of hydrogen-bond acceptors (Lipinski definition) is 3. The van der Waals surface area contributed by atoms with Gasteiger partial charge in [-0.2, -0.15) is 0 Å². The van der Waals surface area contributed by atoms with Crippen LogP contribution >= 0.6 is 0 Å². The molecule has 1 amide bonds. The first-order valence-corrected chi connectivity index (χ1v) is 7.75. The van der Waals surface area contributed by atoms with Crippen molar-refractivity contribution in [2.75, 3.05) is 0 Å². The maximum Gasteiger partial charge on any atom is 0.310 e. The molecule has 5 atom stereocenters. The highest BCUT2D eigenvalue weighted by molar-refractivity contribution is 5.88. The van der Waals surface area contributed by atoms with Gasteiger partial charge < -0.3 is 10.1 Å². The Bertz CT molecular complexity index is 414. The molecule has 0 unspecified atom stereocenters. The lowest BCUT2D eigenvalue weighted by Crippen LogP contribution is -2.44. The van der Waals surface area contributed by atoms with Gasteiger partial charge in [0.25, 0.3) is 0 Å². The lowest BCUT2D eigenvalue weighted by Gasteiger charge is -2.28. The largest absolute Gasteiger partial charge is 0.462 e. The zero-order chi connectivity index (χ0) is 13.0. The van der Waals surface area contributed by atoms with Crippen LogP contribution in [-0.2, 0) is 14.3 Å². The molecule has 0 aromatic heterocycles. The van der Waals surface area contributed by atoms with E-state index in [1.807, 2.05) is 0 Å². The summed E-state index contributed by atoms with van der Waals surface area (Å²) in [7, 11) is 0. The number of rotatable bonds is 2. The molecule has 2 bridgehead atoms. The number of carbonyl (C=O) groups excluding carboxylic acids is 2. The van der Waals surface area contributed by atoms with Crippen LogP contribution in [0.2, 0.25) is 0 Å². The molecule has 4 fully saturated rings. The number of nitrogens with one attached hydrogen (secondary N) is 1. The van der Waals surface area contributed by atoms with Crippen LogP contribution in [-0.4, -0.2) is 24.0 Å². The Morgan fingerprint density at radius 1 is 1.16 bits per heavy atom. The van der Waals surface area contributed by atoms with Crippen LogP contribution in [0.15, 0.2) is 0 Å². The SMILES string of the molecule is O=C(NC1CCCCC1)[C@@H]1[C@@H]2C[C@@H]3[C@@H]1C(=O)O[C@@H]3C2. The van der Waals surface area contributed by atoms with E-state index in [0.717, 1.165) is 25.7 Å². The van der Waals surface area contributed by atoms with Crippen LogP contribution in [0.1, 0.15) is 44.9 Å². The van der Waals surface area contributed by atoms with Crippen molar-refractivity contribution in [3.8, 4) is 0 Å². The van der Waals surface area contributed by atoms with Crippen LogP contribution in [0.25, 0.3) is 0 Å². The Labute approximate surface area is 113 Å². The molecule has 1 aliphatic heterocycles. The number of ether oxygens (including phenoxy) is 1. The summed E-state index contributed by atoms with van der Waals surface area (Å²) in [4.78, 5) is 24.4. The van der Waals surface area contributed by atoms with Gasteiger partial charge in [0.15, 0.2) is 0 Å². The fourth-order valence-electron chi connectivity index (χ4n) is 4.91. The van der Waals surface area contributed by atoms with Gasteiger partial charge in [0, 0.05) is 12.0 Å². The first-order valence-electron chi connectivity index (χ1n) is 7.75. The maximum absolute atomic E-state index is 12.5. The van der Waals surface area contributed by atoms with Gasteiger partial charge in [0.1, 0.15) is 6.10 Å². The number of esters is 1. The van der Waals surface area contributed by atoms with Gasteiger partial charge in [-0.25, -0.2) is 0 Å². The molecule has 0 radical (unpaired) electrons. The molecule has 104 valence electrons. The second kappa shape index (κ2) is 4.22. The third kappa shape index (κ3) is 1.72. The van der Waals surface area contributed by atoms with Crippen molar-refractivity contribution in [1.82, 2.24) is 5.32 Å². The van der Waals surface area contributed by atoms with E-state index in [-0.39, 0.29) is 29.8 Å². The maximum atomic E-state index is 12.5. The van der Waals surface area contributed by atoms with Gasteiger partial charge in [-0.05, 0) is 31.6 Å². The Balaban J connectivity index is 1.47. The summed E-state index contributed by atoms with van der Waals surface area (Å²) in [5.74, 6) is 0.501. The summed E-state index contributed by atoms with van der Waals surface area (Å²) >= 11 is 0. The molecule has 1 saturated heterocycles. The monoisotopic (exact) mass is 263 g/mol. The Kier molecular flexibility index (Phi) is 2.61. The van der Waals surface area contributed by atoms with Crippen molar-refractivity contribution >= 4 is 11.9 Å². The number of amides is 1. The topological polar surface area (TPSA) is 55.4 Å². The van der Waals surface area contributed by atoms with E-state index in [2.05, 4.69) is 5.32 Å². The van der Waals surface area contributed by atoms with Gasteiger partial charge in [-0.15, -0.1) is 0 Å². The van der Waals surface area contributed by atoms with Crippen molar-refractivity contribution in [2.24, 2.45) is 23.7 Å². The Morgan fingerprint density at radius 3 is 2.74 bits per heavy atom. The Morgan fingerprint density at radius 2 is 1.95 bits per heavy atom. The summed E-state index contributed by atoms with van der Waals surface area (Å²) in [5.41, 5.74) is 0. The summed E-state index contributed by atoms with van der Waals surface area (Å²) < 4.78 is 5.39. The minimum atomic E-state index is -0.132. The first-order chi connectivity index (χ1) is 9.24. The summed E-state index contributed by atoms with van der Waals surface area (Å²) in [6.07, 6.45) is 7.98. The van der Waals surface area contributed by atoms with Crippen LogP contribution in [0.5, 0.6) is 0 Å². The smallest absolute Gasteiger partial charge is 0.310 e. The molecular formula is C15H21NO3. The second-order valence-corrected chi connectivity index (χ2v) is 6.77. The molecule has 4 nitrogen and oxygen atoms in total. The van der Waals surface area contributed by atoms with E-state index >= 15 is 0 Å². The average molecular weight is 263 g/mol. The van der Waals surface area contributed by atoms with Gasteiger partial charge in [0.2, 0.25) is 5.91 Å². The minimum Gasteiger partial charge on any atom is -0.462 e. The lowest BCUT2D eigenvalue weighted by molar-refractivity contribution is -0.146. The molecule has 0 aromatic carbocycles. The fraction of sp³-hybridized carbons (Fsp3) is 0.867. The normalized spacial score (nSPS) is 44.4. The third-order valence-corrected chi connectivity index (χ3v) is 5.74. The average Bonchev–Trinajstić information content (AvgIpc) is 3.00. The van der Waals surface area contributed by atoms with E-state index < -0.39 is 0 Å². The van der Waals surface area contributed by atoms with Crippen molar-refractivity contribution in [3.63, 3.8) is 0 Å². The standard InChI is InChI=1S/C15H21NO3/c17-14(16-9-4-2-1-3-5-9)12-8-6-10-11(7-8)19-15(18)13(10)12/h8-13H,1-7H2,(H,16,17)/t8-,10+,11-,12-,13+/m1/s1. The number of carbonyl (C=O) groups is 2. The van der Waals surface area contributed by atoms with Crippen LogP contribution in [0.4, 0.5) is 0 Å². The quantitative estimate of drug-likeness (QED) is 0.770. The van der Waals surface area contributed by atoms with E-state index in [1.165, 1.54) is 19.3 Å². The highest BCUT2D eigenvalue weighted by Crippen LogP contribution is 2.57. The highest BCUT2D eigenvalue weighted by atomic mass is 16.6. The number of hydrogen-bond donors (Lipinski definition) is 1. The van der Waals surface area contributed by atoms with E-state index in [1.54, 1.807) is 0 Å². The molecule has 0 spiro atoms. The van der Waals surface area contributed by atoms with E-state index in [9.17, 15) is 9.59 Å². The van der Waals surface area contributed by atoms with Crippen LogP contribution in [0.3, 0.4) is 0 Å². The van der Waals surface area contributed by atoms with Gasteiger partial charge in [-0.1, -0.05) is 19.3 Å². The zero-order valence-corrected chi connectivity index (χ0v) is 11.1. The van der Waals surface area contributed by atoms with Gasteiger partial charge in [-0.3, -0.25) is 9.59 Å². The molecule has 4 rings (SSSR count). The van der Waals surface area contributed by atoms with Crippen molar-refractivity contribution in [1.29, 1.82) is 0 Å². The summed E-state index contributed by atoms with van der Waals surface area (Å²) in [6, 6.07) is 0.341. The molecule has 19 heavy (non-hydrogen) atoms. The summed E-state index contributed by atoms with van der Waals surface area (Å²) in [6.45, 7) is 0. The Hall–Kier alpha value is -1.06. The van der Waals surface area contributed by atoms with E-state index in [4.69, 9.17) is 4.74 Å².